The third-order valence-corrected chi connectivity index (χ3v) is 3.03. The van der Waals surface area contributed by atoms with Crippen LogP contribution in [0.1, 0.15) is 24.8 Å². The van der Waals surface area contributed by atoms with Gasteiger partial charge in [0.25, 0.3) is 0 Å². The Balaban J connectivity index is 1.98. The molecule has 1 heterocycles. The molecule has 0 aliphatic carbocycles. The molecule has 2 aromatic rings. The van der Waals surface area contributed by atoms with Crippen molar-refractivity contribution in [3.05, 3.63) is 54.4 Å². The zero-order chi connectivity index (χ0) is 13.5. The Bertz CT molecular complexity index is 537. The Morgan fingerprint density at radius 1 is 1.11 bits per heavy atom. The molecule has 0 fully saturated rings. The summed E-state index contributed by atoms with van der Waals surface area (Å²) in [4.78, 5) is 14.6. The van der Waals surface area contributed by atoms with Gasteiger partial charge in [0.1, 0.15) is 0 Å². The number of pyridine rings is 1. The predicted octanol–water partition coefficient (Wildman–Crippen LogP) is 3.55. The molecule has 1 aromatic heterocycles. The zero-order valence-corrected chi connectivity index (χ0v) is 10.7. The first-order valence-electron chi connectivity index (χ1n) is 6.47. The average molecular weight is 255 g/mol. The van der Waals surface area contributed by atoms with Crippen molar-refractivity contribution in [2.75, 3.05) is 0 Å². The normalized spacial score (nSPS) is 10.3. The van der Waals surface area contributed by atoms with Crippen LogP contribution in [0.3, 0.4) is 0 Å². The van der Waals surface area contributed by atoms with Crippen LogP contribution in [0.5, 0.6) is 0 Å². The Morgan fingerprint density at radius 3 is 2.68 bits per heavy atom. The first-order valence-corrected chi connectivity index (χ1v) is 6.47. The van der Waals surface area contributed by atoms with E-state index in [4.69, 9.17) is 5.11 Å². The topological polar surface area (TPSA) is 50.2 Å². The highest BCUT2D eigenvalue weighted by Gasteiger charge is 2.01. The number of unbranched alkanes of at least 4 members (excludes halogenated alkanes) is 1. The average Bonchev–Trinajstić information content (AvgIpc) is 2.45. The number of hydrogen-bond acceptors (Lipinski definition) is 2. The minimum Gasteiger partial charge on any atom is -0.481 e. The lowest BCUT2D eigenvalue weighted by atomic mass is 10.0. The van der Waals surface area contributed by atoms with E-state index in [0.717, 1.165) is 30.4 Å². The Kier molecular flexibility index (Phi) is 4.67. The van der Waals surface area contributed by atoms with E-state index < -0.39 is 5.97 Å². The molecule has 0 spiro atoms. The van der Waals surface area contributed by atoms with Crippen LogP contribution >= 0.6 is 0 Å². The summed E-state index contributed by atoms with van der Waals surface area (Å²) >= 11 is 0. The van der Waals surface area contributed by atoms with Crippen molar-refractivity contribution in [3.8, 4) is 11.1 Å². The molecule has 0 amide bonds. The van der Waals surface area contributed by atoms with Crippen LogP contribution in [0.2, 0.25) is 0 Å². The number of carboxylic acid groups (broad SMARTS) is 1. The lowest BCUT2D eigenvalue weighted by Gasteiger charge is -2.05. The van der Waals surface area contributed by atoms with Gasteiger partial charge in [0.05, 0.1) is 0 Å². The number of rotatable bonds is 6. The molecule has 1 aromatic carbocycles. The predicted molar refractivity (Wildman–Crippen MR) is 74.9 cm³/mol. The van der Waals surface area contributed by atoms with Crippen LogP contribution in [0, 0.1) is 0 Å². The first-order chi connectivity index (χ1) is 9.25. The van der Waals surface area contributed by atoms with Crippen LogP contribution in [-0.2, 0) is 11.2 Å². The number of carbonyl (C=O) groups is 1. The van der Waals surface area contributed by atoms with Crippen LogP contribution in [-0.4, -0.2) is 16.1 Å². The van der Waals surface area contributed by atoms with E-state index in [1.165, 1.54) is 5.56 Å². The fourth-order valence-electron chi connectivity index (χ4n) is 2.05. The number of nitrogens with zero attached hydrogens (tertiary/aromatic N) is 1. The summed E-state index contributed by atoms with van der Waals surface area (Å²) < 4.78 is 0. The molecular formula is C16H17NO2. The van der Waals surface area contributed by atoms with E-state index in [1.807, 2.05) is 24.4 Å². The molecule has 0 saturated carbocycles. The summed E-state index contributed by atoms with van der Waals surface area (Å²) in [6.07, 6.45) is 6.42. The number of aliphatic carboxylic acids is 1. The molecule has 19 heavy (non-hydrogen) atoms. The highest BCUT2D eigenvalue weighted by molar-refractivity contribution is 5.66. The number of hydrogen-bond donors (Lipinski definition) is 1. The fraction of sp³-hybridized carbons (Fsp3) is 0.250. The molecule has 0 saturated heterocycles. The van der Waals surface area contributed by atoms with Gasteiger partial charge in [0.2, 0.25) is 0 Å². The van der Waals surface area contributed by atoms with Gasteiger partial charge in [-0.3, -0.25) is 9.78 Å². The van der Waals surface area contributed by atoms with Crippen molar-refractivity contribution in [3.63, 3.8) is 0 Å². The third-order valence-electron chi connectivity index (χ3n) is 3.03. The Labute approximate surface area is 112 Å². The molecule has 0 aliphatic heterocycles. The van der Waals surface area contributed by atoms with E-state index >= 15 is 0 Å². The summed E-state index contributed by atoms with van der Waals surface area (Å²) in [5.74, 6) is -0.718. The molecule has 0 bridgehead atoms. The quantitative estimate of drug-likeness (QED) is 0.803. The van der Waals surface area contributed by atoms with Gasteiger partial charge in [-0.15, -0.1) is 0 Å². The van der Waals surface area contributed by atoms with Crippen LogP contribution < -0.4 is 0 Å². The maximum Gasteiger partial charge on any atom is 0.303 e. The van der Waals surface area contributed by atoms with E-state index in [-0.39, 0.29) is 6.42 Å². The van der Waals surface area contributed by atoms with Gasteiger partial charge in [-0.25, -0.2) is 0 Å². The van der Waals surface area contributed by atoms with Crippen LogP contribution in [0.4, 0.5) is 0 Å². The van der Waals surface area contributed by atoms with E-state index in [1.54, 1.807) is 6.20 Å². The highest BCUT2D eigenvalue weighted by Crippen LogP contribution is 2.20. The van der Waals surface area contributed by atoms with Gasteiger partial charge in [-0.05, 0) is 42.0 Å². The van der Waals surface area contributed by atoms with Crippen LogP contribution in [0.15, 0.2) is 48.8 Å². The van der Waals surface area contributed by atoms with Gasteiger partial charge < -0.3 is 5.11 Å². The van der Waals surface area contributed by atoms with Crippen molar-refractivity contribution >= 4 is 5.97 Å². The van der Waals surface area contributed by atoms with Crippen molar-refractivity contribution < 1.29 is 9.90 Å². The number of aromatic nitrogens is 1. The SMILES string of the molecule is O=C(O)CCCCc1cccc(-c2cccnc2)c1. The minimum atomic E-state index is -0.718. The summed E-state index contributed by atoms with van der Waals surface area (Å²) in [6, 6.07) is 12.3. The van der Waals surface area contributed by atoms with Crippen molar-refractivity contribution in [2.45, 2.75) is 25.7 Å². The second kappa shape index (κ2) is 6.69. The molecular weight excluding hydrogens is 238 g/mol. The Morgan fingerprint density at radius 2 is 1.95 bits per heavy atom. The monoisotopic (exact) mass is 255 g/mol. The van der Waals surface area contributed by atoms with Crippen molar-refractivity contribution in [2.24, 2.45) is 0 Å². The molecule has 0 atom stereocenters. The molecule has 1 N–H and O–H groups in total. The third kappa shape index (κ3) is 4.21. The summed E-state index contributed by atoms with van der Waals surface area (Å²) in [6.45, 7) is 0. The lowest BCUT2D eigenvalue weighted by Crippen LogP contribution is -1.95. The molecule has 0 unspecified atom stereocenters. The van der Waals surface area contributed by atoms with Gasteiger partial charge in [0.15, 0.2) is 0 Å². The van der Waals surface area contributed by atoms with Crippen molar-refractivity contribution in [1.82, 2.24) is 4.98 Å². The van der Waals surface area contributed by atoms with Crippen LogP contribution in [0.25, 0.3) is 11.1 Å². The molecule has 0 aliphatic rings. The largest absolute Gasteiger partial charge is 0.481 e. The summed E-state index contributed by atoms with van der Waals surface area (Å²) in [5, 5.41) is 8.60. The first kappa shape index (κ1) is 13.3. The van der Waals surface area contributed by atoms with Crippen molar-refractivity contribution in [1.29, 1.82) is 0 Å². The van der Waals surface area contributed by atoms with E-state index in [9.17, 15) is 4.79 Å². The second-order valence-corrected chi connectivity index (χ2v) is 4.54. The molecule has 3 nitrogen and oxygen atoms in total. The van der Waals surface area contributed by atoms with E-state index in [2.05, 4.69) is 23.2 Å². The number of carboxylic acids is 1. The van der Waals surface area contributed by atoms with Gasteiger partial charge in [0, 0.05) is 18.8 Å². The second-order valence-electron chi connectivity index (χ2n) is 4.54. The number of aryl methyl sites for hydroxylation is 1. The molecule has 2 rings (SSSR count). The van der Waals surface area contributed by atoms with Gasteiger partial charge in [-0.2, -0.15) is 0 Å². The van der Waals surface area contributed by atoms with Gasteiger partial charge in [-0.1, -0.05) is 30.3 Å². The standard InChI is InChI=1S/C16H17NO2/c18-16(19)9-2-1-5-13-6-3-7-14(11-13)15-8-4-10-17-12-15/h3-4,6-8,10-12H,1-2,5,9H2,(H,18,19). The number of benzene rings is 1. The maximum absolute atomic E-state index is 10.4. The van der Waals surface area contributed by atoms with Gasteiger partial charge >= 0.3 is 5.97 Å². The molecule has 98 valence electrons. The maximum atomic E-state index is 10.4. The highest BCUT2D eigenvalue weighted by atomic mass is 16.4. The Hall–Kier alpha value is -2.16. The zero-order valence-electron chi connectivity index (χ0n) is 10.7. The summed E-state index contributed by atoms with van der Waals surface area (Å²) in [5.41, 5.74) is 3.51. The van der Waals surface area contributed by atoms with E-state index in [0.29, 0.717) is 0 Å². The molecule has 0 radical (unpaired) electrons. The molecule has 3 heteroatoms. The fourth-order valence-corrected chi connectivity index (χ4v) is 2.05. The lowest BCUT2D eigenvalue weighted by molar-refractivity contribution is -0.137. The smallest absolute Gasteiger partial charge is 0.303 e. The minimum absolute atomic E-state index is 0.252. The summed E-state index contributed by atoms with van der Waals surface area (Å²) in [7, 11) is 0.